The minimum absolute atomic E-state index is 0.0995. The predicted octanol–water partition coefficient (Wildman–Crippen LogP) is 2.99. The fourth-order valence-corrected chi connectivity index (χ4v) is 2.12. The van der Waals surface area contributed by atoms with E-state index >= 15 is 0 Å². The molecular formula is C10H12N2S. The summed E-state index contributed by atoms with van der Waals surface area (Å²) in [6.45, 7) is 6.52. The second kappa shape index (κ2) is 2.77. The summed E-state index contributed by atoms with van der Waals surface area (Å²) in [6.07, 6.45) is 1.65. The van der Waals surface area contributed by atoms with Crippen molar-refractivity contribution in [3.05, 3.63) is 23.5 Å². The van der Waals surface area contributed by atoms with Gasteiger partial charge >= 0.3 is 0 Å². The van der Waals surface area contributed by atoms with Gasteiger partial charge in [0.1, 0.15) is 11.2 Å². The fraction of sp³-hybridized carbons (Fsp3) is 0.400. The van der Waals surface area contributed by atoms with Crippen molar-refractivity contribution in [2.75, 3.05) is 0 Å². The number of hydrogen-bond donors (Lipinski definition) is 0. The Labute approximate surface area is 81.7 Å². The molecule has 0 aliphatic rings. The summed E-state index contributed by atoms with van der Waals surface area (Å²) in [6, 6.07) is 2.10. The number of fused-ring (bicyclic) bond motifs is 1. The third-order valence-corrected chi connectivity index (χ3v) is 2.79. The lowest BCUT2D eigenvalue weighted by molar-refractivity contribution is 0.574. The Bertz CT molecular complexity index is 426. The Balaban J connectivity index is 2.75. The van der Waals surface area contributed by atoms with Gasteiger partial charge in [0.2, 0.25) is 0 Å². The van der Waals surface area contributed by atoms with E-state index in [2.05, 4.69) is 42.2 Å². The van der Waals surface area contributed by atoms with Gasteiger partial charge in [0.15, 0.2) is 0 Å². The van der Waals surface area contributed by atoms with Crippen LogP contribution < -0.4 is 0 Å². The number of nitrogens with zero attached hydrogens (tertiary/aromatic N) is 2. The van der Waals surface area contributed by atoms with Crippen LogP contribution in [-0.2, 0) is 5.41 Å². The molecule has 0 aromatic carbocycles. The zero-order valence-corrected chi connectivity index (χ0v) is 8.85. The van der Waals surface area contributed by atoms with Gasteiger partial charge in [-0.2, -0.15) is 0 Å². The first kappa shape index (κ1) is 8.63. The Hall–Kier alpha value is -0.960. The van der Waals surface area contributed by atoms with E-state index < -0.39 is 0 Å². The molecular weight excluding hydrogens is 180 g/mol. The van der Waals surface area contributed by atoms with E-state index in [1.54, 1.807) is 17.7 Å². The Morgan fingerprint density at radius 3 is 2.69 bits per heavy atom. The molecule has 0 saturated carbocycles. The van der Waals surface area contributed by atoms with Crippen molar-refractivity contribution in [3.63, 3.8) is 0 Å². The average Bonchev–Trinajstić information content (AvgIpc) is 2.48. The van der Waals surface area contributed by atoms with Gasteiger partial charge in [0.25, 0.3) is 0 Å². The van der Waals surface area contributed by atoms with Gasteiger partial charge < -0.3 is 0 Å². The van der Waals surface area contributed by atoms with Crippen molar-refractivity contribution < 1.29 is 0 Å². The highest BCUT2D eigenvalue weighted by atomic mass is 32.1. The van der Waals surface area contributed by atoms with Crippen molar-refractivity contribution in [1.82, 2.24) is 9.97 Å². The molecule has 2 heterocycles. The molecule has 0 atom stereocenters. The maximum Gasteiger partial charge on any atom is 0.126 e. The predicted molar refractivity (Wildman–Crippen MR) is 56.1 cm³/mol. The van der Waals surface area contributed by atoms with Crippen molar-refractivity contribution in [2.24, 2.45) is 0 Å². The summed E-state index contributed by atoms with van der Waals surface area (Å²) in [4.78, 5) is 9.65. The minimum Gasteiger partial charge on any atom is -0.240 e. The first-order valence-corrected chi connectivity index (χ1v) is 5.16. The highest BCUT2D eigenvalue weighted by Gasteiger charge is 2.18. The SMILES string of the molecule is CC(C)(C)c1ncnc2sccc12. The van der Waals surface area contributed by atoms with Crippen LogP contribution in [0.3, 0.4) is 0 Å². The molecule has 2 aromatic rings. The summed E-state index contributed by atoms with van der Waals surface area (Å²) in [5, 5.41) is 3.26. The van der Waals surface area contributed by atoms with Crippen molar-refractivity contribution in [1.29, 1.82) is 0 Å². The quantitative estimate of drug-likeness (QED) is 0.641. The summed E-state index contributed by atoms with van der Waals surface area (Å²) >= 11 is 1.67. The number of thiophene rings is 1. The maximum atomic E-state index is 4.35. The molecule has 2 nitrogen and oxygen atoms in total. The first-order valence-electron chi connectivity index (χ1n) is 4.28. The molecule has 2 rings (SSSR count). The van der Waals surface area contributed by atoms with Crippen molar-refractivity contribution in [3.8, 4) is 0 Å². The van der Waals surface area contributed by atoms with Gasteiger partial charge in [-0.05, 0) is 11.4 Å². The van der Waals surface area contributed by atoms with Crippen LogP contribution in [0, 0.1) is 0 Å². The second-order valence-electron chi connectivity index (χ2n) is 4.11. The first-order chi connectivity index (χ1) is 6.09. The van der Waals surface area contributed by atoms with Crippen molar-refractivity contribution in [2.45, 2.75) is 26.2 Å². The Morgan fingerprint density at radius 2 is 2.00 bits per heavy atom. The van der Waals surface area contributed by atoms with E-state index in [1.807, 2.05) is 0 Å². The highest BCUT2D eigenvalue weighted by Crippen LogP contribution is 2.28. The largest absolute Gasteiger partial charge is 0.240 e. The highest BCUT2D eigenvalue weighted by molar-refractivity contribution is 7.16. The number of rotatable bonds is 0. The lowest BCUT2D eigenvalue weighted by Crippen LogP contribution is -2.13. The third-order valence-electron chi connectivity index (χ3n) is 1.97. The van der Waals surface area contributed by atoms with Gasteiger partial charge in [-0.1, -0.05) is 20.8 Å². The molecule has 68 valence electrons. The lowest BCUT2D eigenvalue weighted by atomic mass is 9.90. The Kier molecular flexibility index (Phi) is 1.84. The van der Waals surface area contributed by atoms with Crippen LogP contribution in [0.1, 0.15) is 26.5 Å². The fourth-order valence-electron chi connectivity index (χ4n) is 1.39. The van der Waals surface area contributed by atoms with Gasteiger partial charge in [-0.3, -0.25) is 0 Å². The molecule has 2 aromatic heterocycles. The van der Waals surface area contributed by atoms with Crippen LogP contribution in [0.2, 0.25) is 0 Å². The van der Waals surface area contributed by atoms with E-state index in [9.17, 15) is 0 Å². The molecule has 0 amide bonds. The lowest BCUT2D eigenvalue weighted by Gasteiger charge is -2.17. The molecule has 0 aliphatic heterocycles. The molecule has 0 aliphatic carbocycles. The van der Waals surface area contributed by atoms with E-state index in [-0.39, 0.29) is 5.41 Å². The molecule has 0 unspecified atom stereocenters. The van der Waals surface area contributed by atoms with Crippen LogP contribution in [0.4, 0.5) is 0 Å². The zero-order valence-electron chi connectivity index (χ0n) is 8.03. The maximum absolute atomic E-state index is 4.35. The minimum atomic E-state index is 0.0995. The van der Waals surface area contributed by atoms with Crippen LogP contribution in [0.5, 0.6) is 0 Å². The normalized spacial score (nSPS) is 12.2. The van der Waals surface area contributed by atoms with E-state index in [4.69, 9.17) is 0 Å². The monoisotopic (exact) mass is 192 g/mol. The molecule has 0 saturated heterocycles. The summed E-state index contributed by atoms with van der Waals surface area (Å²) in [5.74, 6) is 0. The van der Waals surface area contributed by atoms with Crippen LogP contribution in [-0.4, -0.2) is 9.97 Å². The molecule has 0 fully saturated rings. The molecule has 0 bridgehead atoms. The van der Waals surface area contributed by atoms with Gasteiger partial charge in [-0.25, -0.2) is 9.97 Å². The zero-order chi connectivity index (χ0) is 9.47. The molecule has 0 radical (unpaired) electrons. The number of hydrogen-bond acceptors (Lipinski definition) is 3. The summed E-state index contributed by atoms with van der Waals surface area (Å²) in [7, 11) is 0. The second-order valence-corrected chi connectivity index (χ2v) is 5.01. The van der Waals surface area contributed by atoms with Crippen molar-refractivity contribution >= 4 is 21.6 Å². The molecule has 3 heteroatoms. The Morgan fingerprint density at radius 1 is 1.23 bits per heavy atom. The van der Waals surface area contributed by atoms with Crippen LogP contribution in [0.15, 0.2) is 17.8 Å². The summed E-state index contributed by atoms with van der Waals surface area (Å²) in [5.41, 5.74) is 1.24. The van der Waals surface area contributed by atoms with E-state index in [1.165, 1.54) is 5.39 Å². The number of aromatic nitrogens is 2. The van der Waals surface area contributed by atoms with E-state index in [0.29, 0.717) is 0 Å². The third kappa shape index (κ3) is 1.44. The van der Waals surface area contributed by atoms with E-state index in [0.717, 1.165) is 10.5 Å². The smallest absolute Gasteiger partial charge is 0.126 e. The molecule has 0 N–H and O–H groups in total. The van der Waals surface area contributed by atoms with Gasteiger partial charge in [0.05, 0.1) is 5.69 Å². The average molecular weight is 192 g/mol. The van der Waals surface area contributed by atoms with Crippen LogP contribution >= 0.6 is 11.3 Å². The standard InChI is InChI=1S/C10H12N2S/c1-10(2,3)8-7-4-5-13-9(7)12-6-11-8/h4-6H,1-3H3. The molecule has 13 heavy (non-hydrogen) atoms. The summed E-state index contributed by atoms with van der Waals surface area (Å²) < 4.78 is 0. The van der Waals surface area contributed by atoms with Gasteiger partial charge in [-0.15, -0.1) is 11.3 Å². The van der Waals surface area contributed by atoms with Crippen LogP contribution in [0.25, 0.3) is 10.2 Å². The van der Waals surface area contributed by atoms with Gasteiger partial charge in [0, 0.05) is 10.8 Å². The topological polar surface area (TPSA) is 25.8 Å². The molecule has 0 spiro atoms.